The van der Waals surface area contributed by atoms with E-state index in [0.29, 0.717) is 24.1 Å². The quantitative estimate of drug-likeness (QED) is 0.661. The zero-order valence-electron chi connectivity index (χ0n) is 8.79. The summed E-state index contributed by atoms with van der Waals surface area (Å²) in [5, 5.41) is 3.22. The van der Waals surface area contributed by atoms with Crippen molar-refractivity contribution in [2.75, 3.05) is 11.9 Å². The zero-order valence-corrected chi connectivity index (χ0v) is 8.79. The number of anilines is 1. The molecule has 5 nitrogen and oxygen atoms in total. The predicted molar refractivity (Wildman–Crippen MR) is 58.8 cm³/mol. The minimum atomic E-state index is -0.128. The first-order valence-corrected chi connectivity index (χ1v) is 5.23. The molecule has 1 aromatic heterocycles. The van der Waals surface area contributed by atoms with Crippen molar-refractivity contribution in [3.63, 3.8) is 0 Å². The Morgan fingerprint density at radius 2 is 2.47 bits per heavy atom. The number of hydrogen-bond acceptors (Lipinski definition) is 4. The van der Waals surface area contributed by atoms with Crippen LogP contribution in [0.5, 0.6) is 0 Å². The number of rotatable bonds is 4. The van der Waals surface area contributed by atoms with Crippen LogP contribution >= 0.6 is 0 Å². The molecule has 2 rings (SSSR count). The summed E-state index contributed by atoms with van der Waals surface area (Å²) in [5.74, 6) is 1.89. The van der Waals surface area contributed by atoms with E-state index in [1.807, 2.05) is 0 Å². The van der Waals surface area contributed by atoms with Gasteiger partial charge in [0.15, 0.2) is 0 Å². The average molecular weight is 208 g/mol. The fraction of sp³-hybridized carbons (Fsp3) is 0.600. The molecular weight excluding hydrogens is 192 g/mol. The van der Waals surface area contributed by atoms with Crippen molar-refractivity contribution in [3.8, 4) is 0 Å². The Morgan fingerprint density at radius 3 is 3.00 bits per heavy atom. The summed E-state index contributed by atoms with van der Waals surface area (Å²) in [6, 6.07) is 1.72. The highest BCUT2D eigenvalue weighted by Crippen LogP contribution is 2.33. The molecule has 0 aliphatic heterocycles. The maximum absolute atomic E-state index is 11.2. The molecule has 0 amide bonds. The second-order valence-electron chi connectivity index (χ2n) is 4.04. The van der Waals surface area contributed by atoms with E-state index in [-0.39, 0.29) is 11.6 Å². The second kappa shape index (κ2) is 4.02. The lowest BCUT2D eigenvalue weighted by atomic mass is 10.2. The molecule has 0 saturated heterocycles. The Kier molecular flexibility index (Phi) is 2.73. The Morgan fingerprint density at radius 1 is 1.73 bits per heavy atom. The molecule has 0 spiro atoms. The molecule has 0 radical (unpaired) electrons. The van der Waals surface area contributed by atoms with Crippen molar-refractivity contribution in [1.82, 2.24) is 9.97 Å². The summed E-state index contributed by atoms with van der Waals surface area (Å²) < 4.78 is 0. The van der Waals surface area contributed by atoms with Crippen molar-refractivity contribution in [2.45, 2.75) is 25.8 Å². The molecule has 1 heterocycles. The molecule has 4 N–H and O–H groups in total. The third-order valence-electron chi connectivity index (χ3n) is 2.64. The Balaban J connectivity index is 2.11. The van der Waals surface area contributed by atoms with Gasteiger partial charge in [-0.2, -0.15) is 0 Å². The van der Waals surface area contributed by atoms with Crippen LogP contribution in [0.3, 0.4) is 0 Å². The minimum Gasteiger partial charge on any atom is -0.366 e. The van der Waals surface area contributed by atoms with E-state index in [0.717, 1.165) is 0 Å². The highest BCUT2D eigenvalue weighted by Gasteiger charge is 2.30. The smallest absolute Gasteiger partial charge is 0.252 e. The van der Waals surface area contributed by atoms with Crippen LogP contribution in [0.15, 0.2) is 10.9 Å². The van der Waals surface area contributed by atoms with Gasteiger partial charge in [-0.15, -0.1) is 0 Å². The fourth-order valence-corrected chi connectivity index (χ4v) is 1.71. The van der Waals surface area contributed by atoms with Crippen LogP contribution in [0.25, 0.3) is 0 Å². The molecule has 82 valence electrons. The minimum absolute atomic E-state index is 0.128. The highest BCUT2D eigenvalue weighted by atomic mass is 16.1. The number of nitrogens with two attached hydrogens (primary N) is 1. The zero-order chi connectivity index (χ0) is 10.8. The summed E-state index contributed by atoms with van der Waals surface area (Å²) >= 11 is 0. The Labute approximate surface area is 88.1 Å². The third kappa shape index (κ3) is 2.56. The standard InChI is InChI=1S/C10H16N4O/c1-6-12-9(4-10(15)13-6)14-8(5-11)7-2-3-7/h4,7-8H,2-3,5,11H2,1H3,(H2,12,13,14,15). The van der Waals surface area contributed by atoms with E-state index in [9.17, 15) is 4.79 Å². The van der Waals surface area contributed by atoms with Crippen LogP contribution in [0.4, 0.5) is 5.82 Å². The van der Waals surface area contributed by atoms with E-state index in [1.165, 1.54) is 18.9 Å². The number of hydrogen-bond donors (Lipinski definition) is 3. The van der Waals surface area contributed by atoms with Crippen LogP contribution < -0.4 is 16.6 Å². The molecule has 1 atom stereocenters. The summed E-state index contributed by atoms with van der Waals surface area (Å²) in [6.07, 6.45) is 2.44. The summed E-state index contributed by atoms with van der Waals surface area (Å²) in [6.45, 7) is 2.35. The van der Waals surface area contributed by atoms with Gasteiger partial charge in [0.1, 0.15) is 11.6 Å². The number of aryl methyl sites for hydroxylation is 1. The van der Waals surface area contributed by atoms with Crippen LogP contribution in [0, 0.1) is 12.8 Å². The third-order valence-corrected chi connectivity index (χ3v) is 2.64. The van der Waals surface area contributed by atoms with E-state index in [4.69, 9.17) is 5.73 Å². The molecule has 1 aliphatic rings. The van der Waals surface area contributed by atoms with Crippen LogP contribution in [-0.2, 0) is 0 Å². The van der Waals surface area contributed by atoms with Gasteiger partial charge in [-0.05, 0) is 25.7 Å². The molecular formula is C10H16N4O. The average Bonchev–Trinajstić information content (AvgIpc) is 2.95. The Hall–Kier alpha value is -1.36. The number of aromatic nitrogens is 2. The maximum Gasteiger partial charge on any atom is 0.252 e. The molecule has 5 heteroatoms. The lowest BCUT2D eigenvalue weighted by molar-refractivity contribution is 0.641. The second-order valence-corrected chi connectivity index (χ2v) is 4.04. The molecule has 0 bridgehead atoms. The van der Waals surface area contributed by atoms with Gasteiger partial charge in [0.2, 0.25) is 0 Å². The van der Waals surface area contributed by atoms with Gasteiger partial charge in [-0.1, -0.05) is 0 Å². The largest absolute Gasteiger partial charge is 0.366 e. The lowest BCUT2D eigenvalue weighted by Gasteiger charge is -2.16. The first-order chi connectivity index (χ1) is 7.19. The van der Waals surface area contributed by atoms with Crippen LogP contribution in [0.2, 0.25) is 0 Å². The number of H-pyrrole nitrogens is 1. The van der Waals surface area contributed by atoms with Gasteiger partial charge in [0.25, 0.3) is 5.56 Å². The van der Waals surface area contributed by atoms with Crippen molar-refractivity contribution in [3.05, 3.63) is 22.2 Å². The number of nitrogens with one attached hydrogen (secondary N) is 2. The number of aromatic amines is 1. The van der Waals surface area contributed by atoms with Gasteiger partial charge in [0.05, 0.1) is 0 Å². The van der Waals surface area contributed by atoms with Crippen molar-refractivity contribution >= 4 is 5.82 Å². The normalized spacial score (nSPS) is 17.5. The number of nitrogens with zero attached hydrogens (tertiary/aromatic N) is 1. The molecule has 1 fully saturated rings. The van der Waals surface area contributed by atoms with Gasteiger partial charge >= 0.3 is 0 Å². The van der Waals surface area contributed by atoms with Gasteiger partial charge in [-0.25, -0.2) is 4.98 Å². The maximum atomic E-state index is 11.2. The molecule has 1 saturated carbocycles. The summed E-state index contributed by atoms with van der Waals surface area (Å²) in [4.78, 5) is 18.0. The van der Waals surface area contributed by atoms with E-state index in [2.05, 4.69) is 15.3 Å². The topological polar surface area (TPSA) is 83.8 Å². The van der Waals surface area contributed by atoms with Crippen LogP contribution in [0.1, 0.15) is 18.7 Å². The van der Waals surface area contributed by atoms with E-state index >= 15 is 0 Å². The first-order valence-electron chi connectivity index (χ1n) is 5.23. The SMILES string of the molecule is Cc1nc(NC(CN)C2CC2)cc(=O)[nH]1. The highest BCUT2D eigenvalue weighted by molar-refractivity contribution is 5.35. The van der Waals surface area contributed by atoms with Crippen molar-refractivity contribution in [2.24, 2.45) is 11.7 Å². The van der Waals surface area contributed by atoms with Gasteiger partial charge < -0.3 is 16.0 Å². The van der Waals surface area contributed by atoms with Crippen LogP contribution in [-0.4, -0.2) is 22.6 Å². The first kappa shape index (κ1) is 10.2. The fourth-order valence-electron chi connectivity index (χ4n) is 1.71. The molecule has 1 aliphatic carbocycles. The predicted octanol–water partition coefficient (Wildman–Crippen LogP) is 0.228. The lowest BCUT2D eigenvalue weighted by Crippen LogP contribution is -2.31. The molecule has 1 aromatic rings. The monoisotopic (exact) mass is 208 g/mol. The summed E-state index contributed by atoms with van der Waals surface area (Å²) in [7, 11) is 0. The van der Waals surface area contributed by atoms with Gasteiger partial charge in [0, 0.05) is 18.7 Å². The van der Waals surface area contributed by atoms with E-state index in [1.54, 1.807) is 6.92 Å². The molecule has 1 unspecified atom stereocenters. The van der Waals surface area contributed by atoms with Crippen molar-refractivity contribution in [1.29, 1.82) is 0 Å². The molecule has 0 aromatic carbocycles. The summed E-state index contributed by atoms with van der Waals surface area (Å²) in [5.41, 5.74) is 5.53. The van der Waals surface area contributed by atoms with Gasteiger partial charge in [-0.3, -0.25) is 4.79 Å². The van der Waals surface area contributed by atoms with Crippen molar-refractivity contribution < 1.29 is 0 Å². The molecule has 15 heavy (non-hydrogen) atoms. The van der Waals surface area contributed by atoms with E-state index < -0.39 is 0 Å². The Bertz CT molecular complexity index is 397.